The number of fused-ring (bicyclic) bond motifs is 1. The minimum Gasteiger partial charge on any atom is -0.490 e. The first-order valence-corrected chi connectivity index (χ1v) is 6.41. The van der Waals surface area contributed by atoms with E-state index in [2.05, 4.69) is 15.1 Å². The number of benzene rings is 1. The van der Waals surface area contributed by atoms with Gasteiger partial charge in [0.05, 0.1) is 6.61 Å². The molecule has 0 saturated heterocycles. The summed E-state index contributed by atoms with van der Waals surface area (Å²) in [5.74, 6) is 2.02. The Morgan fingerprint density at radius 1 is 1.25 bits per heavy atom. The van der Waals surface area contributed by atoms with Gasteiger partial charge in [0.1, 0.15) is 11.5 Å². The summed E-state index contributed by atoms with van der Waals surface area (Å²) in [4.78, 5) is 8.03. The summed E-state index contributed by atoms with van der Waals surface area (Å²) in [5, 5.41) is 4.34. The fraction of sp³-hybridized carbons (Fsp3) is 0.154. The van der Waals surface area contributed by atoms with Crippen LogP contribution in [0.2, 0.25) is 5.15 Å². The molecule has 6 nitrogen and oxygen atoms in total. The van der Waals surface area contributed by atoms with E-state index in [4.69, 9.17) is 21.1 Å². The molecule has 20 heavy (non-hydrogen) atoms. The molecule has 0 aliphatic carbocycles. The van der Waals surface area contributed by atoms with Crippen molar-refractivity contribution in [2.75, 3.05) is 6.61 Å². The number of halogens is 1. The zero-order valence-electron chi connectivity index (χ0n) is 10.7. The van der Waals surface area contributed by atoms with Crippen molar-refractivity contribution < 1.29 is 9.47 Å². The van der Waals surface area contributed by atoms with Crippen LogP contribution in [0.5, 0.6) is 17.4 Å². The predicted molar refractivity (Wildman–Crippen MR) is 73.5 cm³/mol. The molecule has 0 atom stereocenters. The van der Waals surface area contributed by atoms with Gasteiger partial charge in [0, 0.05) is 6.07 Å². The number of para-hydroxylation sites is 2. The number of hydrogen-bond donors (Lipinski definition) is 0. The quantitative estimate of drug-likeness (QED) is 0.691. The predicted octanol–water partition coefficient (Wildman–Crippen LogP) is 2.97. The van der Waals surface area contributed by atoms with Crippen LogP contribution in [-0.2, 0) is 0 Å². The molecule has 1 aromatic carbocycles. The van der Waals surface area contributed by atoms with Crippen molar-refractivity contribution in [2.24, 2.45) is 0 Å². The highest BCUT2D eigenvalue weighted by molar-refractivity contribution is 6.29. The van der Waals surface area contributed by atoms with E-state index in [1.165, 1.54) is 10.8 Å². The second-order valence-electron chi connectivity index (χ2n) is 3.87. The molecule has 0 bridgehead atoms. The second-order valence-corrected chi connectivity index (χ2v) is 4.26. The highest BCUT2D eigenvalue weighted by Crippen LogP contribution is 2.31. The smallest absolute Gasteiger partial charge is 0.256 e. The van der Waals surface area contributed by atoms with E-state index in [0.29, 0.717) is 29.8 Å². The molecule has 0 fully saturated rings. The third-order valence-corrected chi connectivity index (χ3v) is 2.75. The van der Waals surface area contributed by atoms with Gasteiger partial charge in [-0.15, -0.1) is 0 Å². The third-order valence-electron chi connectivity index (χ3n) is 2.55. The maximum Gasteiger partial charge on any atom is 0.256 e. The topological polar surface area (TPSA) is 61.5 Å². The summed E-state index contributed by atoms with van der Waals surface area (Å²) in [6, 6.07) is 8.95. The van der Waals surface area contributed by atoms with Crippen LogP contribution in [0, 0.1) is 0 Å². The Morgan fingerprint density at radius 2 is 2.05 bits per heavy atom. The summed E-state index contributed by atoms with van der Waals surface area (Å²) in [7, 11) is 0. The SMILES string of the molecule is CCOc1ccccc1Oc1cc(Cl)nc2ncnn12. The highest BCUT2D eigenvalue weighted by Gasteiger charge is 2.11. The van der Waals surface area contributed by atoms with E-state index in [-0.39, 0.29) is 5.15 Å². The summed E-state index contributed by atoms with van der Waals surface area (Å²) in [6.45, 7) is 2.46. The first-order valence-electron chi connectivity index (χ1n) is 6.04. The molecule has 7 heteroatoms. The zero-order valence-corrected chi connectivity index (χ0v) is 11.4. The molecule has 0 aliphatic rings. The molecular weight excluding hydrogens is 280 g/mol. The van der Waals surface area contributed by atoms with E-state index in [0.717, 1.165) is 0 Å². The normalized spacial score (nSPS) is 10.7. The maximum atomic E-state index is 5.94. The van der Waals surface area contributed by atoms with Gasteiger partial charge in [0.15, 0.2) is 11.5 Å². The highest BCUT2D eigenvalue weighted by atomic mass is 35.5. The molecule has 0 saturated carbocycles. The summed E-state index contributed by atoms with van der Waals surface area (Å²) in [6.07, 6.45) is 1.39. The number of hydrogen-bond acceptors (Lipinski definition) is 5. The number of rotatable bonds is 4. The lowest BCUT2D eigenvalue weighted by molar-refractivity contribution is 0.318. The van der Waals surface area contributed by atoms with Crippen LogP contribution in [0.4, 0.5) is 0 Å². The minimum absolute atomic E-state index is 0.286. The number of aromatic nitrogens is 4. The minimum atomic E-state index is 0.286. The van der Waals surface area contributed by atoms with Crippen molar-refractivity contribution in [1.29, 1.82) is 0 Å². The fourth-order valence-corrected chi connectivity index (χ4v) is 1.92. The second kappa shape index (κ2) is 5.34. The summed E-state index contributed by atoms with van der Waals surface area (Å²) in [5.41, 5.74) is 0. The van der Waals surface area contributed by atoms with Crippen LogP contribution in [-0.4, -0.2) is 26.2 Å². The summed E-state index contributed by atoms with van der Waals surface area (Å²) < 4.78 is 12.8. The first-order chi connectivity index (χ1) is 9.78. The van der Waals surface area contributed by atoms with E-state index in [9.17, 15) is 0 Å². The van der Waals surface area contributed by atoms with Crippen LogP contribution in [0.3, 0.4) is 0 Å². The lowest BCUT2D eigenvalue weighted by atomic mass is 10.3. The van der Waals surface area contributed by atoms with E-state index < -0.39 is 0 Å². The maximum absolute atomic E-state index is 5.94. The van der Waals surface area contributed by atoms with Gasteiger partial charge in [-0.05, 0) is 19.1 Å². The molecule has 0 radical (unpaired) electrons. The van der Waals surface area contributed by atoms with E-state index in [1.54, 1.807) is 6.07 Å². The van der Waals surface area contributed by atoms with E-state index >= 15 is 0 Å². The average molecular weight is 291 g/mol. The molecule has 2 aromatic heterocycles. The van der Waals surface area contributed by atoms with Crippen LogP contribution in [0.1, 0.15) is 6.92 Å². The lowest BCUT2D eigenvalue weighted by Gasteiger charge is -2.11. The monoisotopic (exact) mass is 290 g/mol. The Balaban J connectivity index is 2.03. The molecule has 0 amide bonds. The van der Waals surface area contributed by atoms with Gasteiger partial charge < -0.3 is 9.47 Å². The standard InChI is InChI=1S/C13H11ClN4O2/c1-2-19-9-5-3-4-6-10(9)20-12-7-11(14)17-13-15-8-16-18(12)13/h3-8H,2H2,1H3. The molecule has 3 rings (SSSR count). The molecule has 0 aliphatic heterocycles. The van der Waals surface area contributed by atoms with Gasteiger partial charge in [-0.25, -0.2) is 0 Å². The molecule has 0 unspecified atom stereocenters. The summed E-state index contributed by atoms with van der Waals surface area (Å²) >= 11 is 5.94. The van der Waals surface area contributed by atoms with Gasteiger partial charge >= 0.3 is 0 Å². The Bertz CT molecular complexity index is 744. The van der Waals surface area contributed by atoms with Crippen LogP contribution in [0.25, 0.3) is 5.78 Å². The molecule has 3 aromatic rings. The largest absolute Gasteiger partial charge is 0.490 e. The van der Waals surface area contributed by atoms with Crippen LogP contribution >= 0.6 is 11.6 Å². The first kappa shape index (κ1) is 12.7. The van der Waals surface area contributed by atoms with Gasteiger partial charge in [0.2, 0.25) is 5.88 Å². The zero-order chi connectivity index (χ0) is 13.9. The van der Waals surface area contributed by atoms with Crippen molar-refractivity contribution in [3.8, 4) is 17.4 Å². The Morgan fingerprint density at radius 3 is 2.85 bits per heavy atom. The van der Waals surface area contributed by atoms with Gasteiger partial charge in [-0.3, -0.25) is 0 Å². The van der Waals surface area contributed by atoms with Gasteiger partial charge in [0.25, 0.3) is 5.78 Å². The molecular formula is C13H11ClN4O2. The van der Waals surface area contributed by atoms with Gasteiger partial charge in [-0.2, -0.15) is 19.6 Å². The van der Waals surface area contributed by atoms with Crippen molar-refractivity contribution >= 4 is 17.4 Å². The van der Waals surface area contributed by atoms with Gasteiger partial charge in [-0.1, -0.05) is 23.7 Å². The fourth-order valence-electron chi connectivity index (χ4n) is 1.75. The third kappa shape index (κ3) is 2.37. The van der Waals surface area contributed by atoms with E-state index in [1.807, 2.05) is 31.2 Å². The van der Waals surface area contributed by atoms with Crippen molar-refractivity contribution in [3.63, 3.8) is 0 Å². The average Bonchev–Trinajstić information content (AvgIpc) is 2.89. The number of ether oxygens (including phenoxy) is 2. The lowest BCUT2D eigenvalue weighted by Crippen LogP contribution is -2.00. The van der Waals surface area contributed by atoms with Crippen molar-refractivity contribution in [2.45, 2.75) is 6.92 Å². The Kier molecular flexibility index (Phi) is 3.39. The number of nitrogens with zero attached hydrogens (tertiary/aromatic N) is 4. The van der Waals surface area contributed by atoms with Crippen molar-refractivity contribution in [3.05, 3.63) is 41.8 Å². The molecule has 2 heterocycles. The van der Waals surface area contributed by atoms with Crippen LogP contribution < -0.4 is 9.47 Å². The molecule has 0 spiro atoms. The Hall–Kier alpha value is -2.34. The Labute approximate surface area is 119 Å². The molecule has 0 N–H and O–H groups in total. The van der Waals surface area contributed by atoms with Crippen molar-refractivity contribution in [1.82, 2.24) is 19.6 Å². The molecule has 102 valence electrons. The van der Waals surface area contributed by atoms with Crippen LogP contribution in [0.15, 0.2) is 36.7 Å².